The third kappa shape index (κ3) is 2.95. The highest BCUT2D eigenvalue weighted by Gasteiger charge is 2.42. The predicted octanol–water partition coefficient (Wildman–Crippen LogP) is 3.22. The Hall–Kier alpha value is -1.42. The number of hydrogen-bond donors (Lipinski definition) is 1. The standard InChI is InChI=1S/C17H23FN2O/c1-3-15(9-12-7-8-12)20-16(19-11(2)17(20)21)13-5-4-6-14(18)10-13/h4-6,10-12,15-16,19H,3,7-9H2,1-2H3. The van der Waals surface area contributed by atoms with Crippen LogP contribution in [0.4, 0.5) is 4.39 Å². The molecule has 1 saturated carbocycles. The van der Waals surface area contributed by atoms with Crippen molar-refractivity contribution in [2.24, 2.45) is 5.92 Å². The maximum atomic E-state index is 13.5. The number of amides is 1. The highest BCUT2D eigenvalue weighted by molar-refractivity contribution is 5.84. The Morgan fingerprint density at radius 3 is 2.81 bits per heavy atom. The number of carbonyl (C=O) groups excluding carboxylic acids is 1. The van der Waals surface area contributed by atoms with Crippen molar-refractivity contribution in [1.29, 1.82) is 0 Å². The molecule has 3 nitrogen and oxygen atoms in total. The number of hydrogen-bond acceptors (Lipinski definition) is 2. The molecule has 0 bridgehead atoms. The van der Waals surface area contributed by atoms with Crippen LogP contribution in [-0.2, 0) is 4.79 Å². The van der Waals surface area contributed by atoms with Gasteiger partial charge in [-0.15, -0.1) is 0 Å². The summed E-state index contributed by atoms with van der Waals surface area (Å²) in [4.78, 5) is 14.5. The molecule has 1 N–H and O–H groups in total. The molecule has 1 saturated heterocycles. The van der Waals surface area contributed by atoms with Crippen molar-refractivity contribution in [1.82, 2.24) is 10.2 Å². The first-order valence-corrected chi connectivity index (χ1v) is 7.93. The zero-order valence-electron chi connectivity index (χ0n) is 12.7. The van der Waals surface area contributed by atoms with Crippen molar-refractivity contribution in [3.05, 3.63) is 35.6 Å². The van der Waals surface area contributed by atoms with Crippen molar-refractivity contribution >= 4 is 5.91 Å². The Morgan fingerprint density at radius 1 is 1.43 bits per heavy atom. The molecule has 21 heavy (non-hydrogen) atoms. The van der Waals surface area contributed by atoms with Crippen LogP contribution in [0.3, 0.4) is 0 Å². The van der Waals surface area contributed by atoms with E-state index in [4.69, 9.17) is 0 Å². The van der Waals surface area contributed by atoms with Crippen LogP contribution in [0.15, 0.2) is 24.3 Å². The first-order chi connectivity index (χ1) is 10.1. The van der Waals surface area contributed by atoms with Crippen LogP contribution in [-0.4, -0.2) is 22.9 Å². The first-order valence-electron chi connectivity index (χ1n) is 7.93. The zero-order valence-corrected chi connectivity index (χ0v) is 12.7. The summed E-state index contributed by atoms with van der Waals surface area (Å²) in [6, 6.07) is 6.61. The van der Waals surface area contributed by atoms with Crippen LogP contribution in [0.25, 0.3) is 0 Å². The maximum Gasteiger partial charge on any atom is 0.241 e. The molecular weight excluding hydrogens is 267 g/mol. The summed E-state index contributed by atoms with van der Waals surface area (Å²) < 4.78 is 13.5. The van der Waals surface area contributed by atoms with Crippen LogP contribution in [0.2, 0.25) is 0 Å². The van der Waals surface area contributed by atoms with E-state index in [-0.39, 0.29) is 30.0 Å². The van der Waals surface area contributed by atoms with E-state index in [1.54, 1.807) is 6.07 Å². The van der Waals surface area contributed by atoms with Crippen LogP contribution in [0.1, 0.15) is 51.3 Å². The predicted molar refractivity (Wildman–Crippen MR) is 80.0 cm³/mol. The second-order valence-corrected chi connectivity index (χ2v) is 6.33. The van der Waals surface area contributed by atoms with Crippen molar-refractivity contribution < 1.29 is 9.18 Å². The molecule has 114 valence electrons. The molecular formula is C17H23FN2O. The van der Waals surface area contributed by atoms with E-state index in [1.807, 2.05) is 17.9 Å². The van der Waals surface area contributed by atoms with Crippen LogP contribution >= 0.6 is 0 Å². The molecule has 2 aliphatic rings. The first kappa shape index (κ1) is 14.5. The van der Waals surface area contributed by atoms with Crippen LogP contribution < -0.4 is 5.32 Å². The van der Waals surface area contributed by atoms with E-state index in [2.05, 4.69) is 12.2 Å². The normalized spacial score (nSPS) is 27.2. The van der Waals surface area contributed by atoms with Gasteiger partial charge in [-0.25, -0.2) is 4.39 Å². The Kier molecular flexibility index (Phi) is 3.98. The summed E-state index contributed by atoms with van der Waals surface area (Å²) in [6.07, 6.45) is 4.38. The monoisotopic (exact) mass is 290 g/mol. The van der Waals surface area contributed by atoms with Gasteiger partial charge in [-0.3, -0.25) is 10.1 Å². The lowest BCUT2D eigenvalue weighted by Gasteiger charge is -2.32. The highest BCUT2D eigenvalue weighted by atomic mass is 19.1. The van der Waals surface area contributed by atoms with E-state index < -0.39 is 0 Å². The topological polar surface area (TPSA) is 32.3 Å². The Labute approximate surface area is 125 Å². The van der Waals surface area contributed by atoms with Crippen LogP contribution in [0.5, 0.6) is 0 Å². The molecule has 0 spiro atoms. The third-order valence-electron chi connectivity index (χ3n) is 4.64. The van der Waals surface area contributed by atoms with Gasteiger partial charge in [0, 0.05) is 6.04 Å². The van der Waals surface area contributed by atoms with Crippen LogP contribution in [0, 0.1) is 11.7 Å². The quantitative estimate of drug-likeness (QED) is 0.903. The average molecular weight is 290 g/mol. The second kappa shape index (κ2) is 5.76. The van der Waals surface area contributed by atoms with Crippen molar-refractivity contribution in [3.8, 4) is 0 Å². The minimum absolute atomic E-state index is 0.136. The number of carbonyl (C=O) groups is 1. The molecule has 3 unspecified atom stereocenters. The molecule has 1 aromatic rings. The van der Waals surface area contributed by atoms with Crippen molar-refractivity contribution in [2.45, 2.75) is 57.8 Å². The summed E-state index contributed by atoms with van der Waals surface area (Å²) in [5.41, 5.74) is 0.835. The lowest BCUT2D eigenvalue weighted by atomic mass is 10.0. The number of nitrogens with zero attached hydrogens (tertiary/aromatic N) is 1. The molecule has 0 radical (unpaired) electrons. The lowest BCUT2D eigenvalue weighted by molar-refractivity contribution is -0.132. The summed E-state index contributed by atoms with van der Waals surface area (Å²) in [5.74, 6) is 0.653. The molecule has 3 rings (SSSR count). The fourth-order valence-electron chi connectivity index (χ4n) is 3.28. The molecule has 1 aliphatic heterocycles. The molecule has 0 aromatic heterocycles. The smallest absolute Gasteiger partial charge is 0.241 e. The van der Waals surface area contributed by atoms with Gasteiger partial charge in [0.25, 0.3) is 0 Å². The number of benzene rings is 1. The number of halogens is 1. The third-order valence-corrected chi connectivity index (χ3v) is 4.64. The van der Waals surface area contributed by atoms with Gasteiger partial charge < -0.3 is 4.90 Å². The van der Waals surface area contributed by atoms with E-state index in [1.165, 1.54) is 25.0 Å². The fourth-order valence-corrected chi connectivity index (χ4v) is 3.28. The van der Waals surface area contributed by atoms with Gasteiger partial charge in [-0.05, 0) is 43.4 Å². The van der Waals surface area contributed by atoms with Gasteiger partial charge in [0.05, 0.1) is 6.04 Å². The highest BCUT2D eigenvalue weighted by Crippen LogP contribution is 2.38. The van der Waals surface area contributed by atoms with Gasteiger partial charge in [0.15, 0.2) is 0 Å². The SMILES string of the molecule is CCC(CC1CC1)N1C(=O)C(C)NC1c1cccc(F)c1. The molecule has 1 aliphatic carbocycles. The van der Waals surface area contributed by atoms with Crippen molar-refractivity contribution in [2.75, 3.05) is 0 Å². The largest absolute Gasteiger partial charge is 0.319 e. The molecule has 1 heterocycles. The summed E-state index contributed by atoms with van der Waals surface area (Å²) in [6.45, 7) is 4.02. The Balaban J connectivity index is 1.87. The molecule has 3 atom stereocenters. The fraction of sp³-hybridized carbons (Fsp3) is 0.588. The van der Waals surface area contributed by atoms with Gasteiger partial charge in [0.2, 0.25) is 5.91 Å². The summed E-state index contributed by atoms with van der Waals surface area (Å²) in [5, 5.41) is 3.32. The van der Waals surface area contributed by atoms with E-state index in [9.17, 15) is 9.18 Å². The maximum absolute atomic E-state index is 13.5. The summed E-state index contributed by atoms with van der Waals surface area (Å²) >= 11 is 0. The van der Waals surface area contributed by atoms with E-state index in [0.717, 1.165) is 24.3 Å². The molecule has 4 heteroatoms. The summed E-state index contributed by atoms with van der Waals surface area (Å²) in [7, 11) is 0. The average Bonchev–Trinajstić information content (AvgIpc) is 3.24. The lowest BCUT2D eigenvalue weighted by Crippen LogP contribution is -2.40. The number of rotatable bonds is 5. The Morgan fingerprint density at radius 2 is 2.19 bits per heavy atom. The van der Waals surface area contributed by atoms with Gasteiger partial charge in [-0.2, -0.15) is 0 Å². The van der Waals surface area contributed by atoms with Crippen molar-refractivity contribution in [3.63, 3.8) is 0 Å². The molecule has 2 fully saturated rings. The molecule has 1 aromatic carbocycles. The zero-order chi connectivity index (χ0) is 15.0. The van der Waals surface area contributed by atoms with E-state index >= 15 is 0 Å². The second-order valence-electron chi connectivity index (χ2n) is 6.33. The van der Waals surface area contributed by atoms with E-state index in [0.29, 0.717) is 0 Å². The van der Waals surface area contributed by atoms with Gasteiger partial charge in [-0.1, -0.05) is 31.9 Å². The van der Waals surface area contributed by atoms with Gasteiger partial charge >= 0.3 is 0 Å². The minimum atomic E-state index is -0.253. The molecule has 1 amide bonds. The minimum Gasteiger partial charge on any atom is -0.319 e. The Bertz CT molecular complexity index is 529. The van der Waals surface area contributed by atoms with Gasteiger partial charge in [0.1, 0.15) is 12.0 Å². The number of nitrogens with one attached hydrogen (secondary N) is 1.